The van der Waals surface area contributed by atoms with Crippen LogP contribution in [0.4, 0.5) is 0 Å². The predicted octanol–water partition coefficient (Wildman–Crippen LogP) is 1.80. The lowest BCUT2D eigenvalue weighted by atomic mass is 9.94. The molecule has 2 heterocycles. The van der Waals surface area contributed by atoms with Crippen molar-refractivity contribution < 1.29 is 9.59 Å². The molecule has 1 unspecified atom stereocenters. The summed E-state index contributed by atoms with van der Waals surface area (Å²) in [6.07, 6.45) is 0.314. The fourth-order valence-electron chi connectivity index (χ4n) is 3.20. The molecule has 0 bridgehead atoms. The highest BCUT2D eigenvalue weighted by molar-refractivity contribution is 8.02. The number of rotatable bonds is 3. The van der Waals surface area contributed by atoms with Crippen molar-refractivity contribution in [3.63, 3.8) is 0 Å². The Morgan fingerprint density at radius 1 is 1.33 bits per heavy atom. The van der Waals surface area contributed by atoms with E-state index < -0.39 is 6.04 Å². The molecule has 2 aliphatic heterocycles. The van der Waals surface area contributed by atoms with Gasteiger partial charge < -0.3 is 10.2 Å². The molecule has 2 aliphatic rings. The van der Waals surface area contributed by atoms with Crippen molar-refractivity contribution in [3.05, 3.63) is 35.9 Å². The summed E-state index contributed by atoms with van der Waals surface area (Å²) in [5.74, 6) is -0.0530. The Kier molecular flexibility index (Phi) is 3.28. The molecule has 1 aromatic rings. The molecule has 5 heteroatoms. The molecule has 3 rings (SSSR count). The van der Waals surface area contributed by atoms with Crippen molar-refractivity contribution in [2.45, 2.75) is 42.9 Å². The van der Waals surface area contributed by atoms with Crippen molar-refractivity contribution in [3.8, 4) is 0 Å². The molecule has 2 fully saturated rings. The van der Waals surface area contributed by atoms with Gasteiger partial charge in [0.2, 0.25) is 11.8 Å². The lowest BCUT2D eigenvalue weighted by Crippen LogP contribution is -2.74. The van der Waals surface area contributed by atoms with Gasteiger partial charge in [0, 0.05) is 11.3 Å². The van der Waals surface area contributed by atoms with Crippen molar-refractivity contribution in [1.29, 1.82) is 0 Å². The minimum absolute atomic E-state index is 0.0389. The first-order valence-corrected chi connectivity index (χ1v) is 7.98. The lowest BCUT2D eigenvalue weighted by molar-refractivity contribution is -0.154. The highest BCUT2D eigenvalue weighted by Gasteiger charge is 2.64. The van der Waals surface area contributed by atoms with E-state index >= 15 is 0 Å². The maximum atomic E-state index is 12.2. The van der Waals surface area contributed by atoms with Crippen molar-refractivity contribution in [1.82, 2.24) is 10.2 Å². The fraction of sp³-hybridized carbons (Fsp3) is 0.500. The molecule has 112 valence electrons. The molecule has 2 saturated heterocycles. The fourth-order valence-corrected chi connectivity index (χ4v) is 5.06. The first kappa shape index (κ1) is 14.4. The van der Waals surface area contributed by atoms with Gasteiger partial charge >= 0.3 is 0 Å². The number of hydrogen-bond acceptors (Lipinski definition) is 3. The first-order valence-electron chi connectivity index (χ1n) is 7.17. The van der Waals surface area contributed by atoms with E-state index in [9.17, 15) is 9.59 Å². The second kappa shape index (κ2) is 4.77. The largest absolute Gasteiger partial charge is 0.341 e. The summed E-state index contributed by atoms with van der Waals surface area (Å²) in [6.45, 7) is 7.06. The van der Waals surface area contributed by atoms with Gasteiger partial charge in [0.1, 0.15) is 10.9 Å². The predicted molar refractivity (Wildman–Crippen MR) is 83.9 cm³/mol. The maximum Gasteiger partial charge on any atom is 0.249 e. The molecule has 2 atom stereocenters. The van der Waals surface area contributed by atoms with Crippen LogP contribution in [-0.4, -0.2) is 38.9 Å². The van der Waals surface area contributed by atoms with Crippen LogP contribution < -0.4 is 5.32 Å². The van der Waals surface area contributed by atoms with Gasteiger partial charge in [-0.25, -0.2) is 0 Å². The Hall–Kier alpha value is -1.49. The Balaban J connectivity index is 1.66. The van der Waals surface area contributed by atoms with E-state index in [1.165, 1.54) is 0 Å². The summed E-state index contributed by atoms with van der Waals surface area (Å²) in [4.78, 5) is 26.0. The zero-order valence-electron chi connectivity index (χ0n) is 12.6. The van der Waals surface area contributed by atoms with Crippen molar-refractivity contribution in [2.24, 2.45) is 0 Å². The third kappa shape index (κ3) is 2.44. The van der Waals surface area contributed by atoms with Crippen LogP contribution in [-0.2, 0) is 16.0 Å². The van der Waals surface area contributed by atoms with Crippen LogP contribution in [0.1, 0.15) is 26.3 Å². The molecule has 2 amide bonds. The molecule has 1 aromatic carbocycles. The lowest BCUT2D eigenvalue weighted by Gasteiger charge is -2.50. The second-order valence-corrected chi connectivity index (χ2v) is 8.64. The number of carbonyl (C=O) groups excluding carboxylic acids is 2. The van der Waals surface area contributed by atoms with E-state index in [0.29, 0.717) is 6.42 Å². The summed E-state index contributed by atoms with van der Waals surface area (Å²) in [5, 5.41) is 2.91. The van der Waals surface area contributed by atoms with Gasteiger partial charge in [-0.05, 0) is 26.3 Å². The topological polar surface area (TPSA) is 49.4 Å². The monoisotopic (exact) mass is 304 g/mol. The van der Waals surface area contributed by atoms with E-state index in [1.54, 1.807) is 11.8 Å². The summed E-state index contributed by atoms with van der Waals surface area (Å²) >= 11 is 1.77. The normalized spacial score (nSPS) is 29.8. The summed E-state index contributed by atoms with van der Waals surface area (Å²) in [5.41, 5.74) is 0.961. The van der Waals surface area contributed by atoms with E-state index in [4.69, 9.17) is 0 Å². The van der Waals surface area contributed by atoms with E-state index in [2.05, 4.69) is 19.2 Å². The van der Waals surface area contributed by atoms with E-state index in [0.717, 1.165) is 12.1 Å². The molecule has 21 heavy (non-hydrogen) atoms. The molecule has 1 N–H and O–H groups in total. The van der Waals surface area contributed by atoms with Gasteiger partial charge in [-0.2, -0.15) is 0 Å². The molecule has 0 saturated carbocycles. The van der Waals surface area contributed by atoms with Crippen LogP contribution in [0.3, 0.4) is 0 Å². The third-order valence-corrected chi connectivity index (χ3v) is 5.67. The average Bonchev–Trinajstić information content (AvgIpc) is 2.65. The summed E-state index contributed by atoms with van der Waals surface area (Å²) < 4.78 is 0.0450. The zero-order chi connectivity index (χ0) is 15.3. The number of fused-ring (bicyclic) bond motifs is 1. The number of hydrogen-bond donors (Lipinski definition) is 1. The van der Waals surface area contributed by atoms with E-state index in [-0.39, 0.29) is 21.4 Å². The molecule has 0 radical (unpaired) electrons. The number of nitrogens with one attached hydrogen (secondary N) is 1. The standard InChI is InChI=1S/C16H20N2O2S/c1-15(2)10-18-14(20)13(16(18,3)21-15)17-12(19)9-11-7-5-4-6-8-11/h4-8,13H,9-10H2,1-3H3,(H,17,19)/t13-,16?/m1/s1. The minimum atomic E-state index is -0.402. The van der Waals surface area contributed by atoms with Gasteiger partial charge in [-0.3, -0.25) is 9.59 Å². The van der Waals surface area contributed by atoms with Crippen molar-refractivity contribution >= 4 is 23.6 Å². The highest BCUT2D eigenvalue weighted by Crippen LogP contribution is 2.54. The van der Waals surface area contributed by atoms with Crippen LogP contribution >= 0.6 is 11.8 Å². The Morgan fingerprint density at radius 3 is 2.67 bits per heavy atom. The number of amides is 2. The van der Waals surface area contributed by atoms with Gasteiger partial charge in [0.25, 0.3) is 0 Å². The number of nitrogens with zero attached hydrogens (tertiary/aromatic N) is 1. The first-order chi connectivity index (χ1) is 9.82. The summed E-state index contributed by atoms with van der Waals surface area (Å²) in [7, 11) is 0. The molecule has 4 nitrogen and oxygen atoms in total. The van der Waals surface area contributed by atoms with Gasteiger partial charge in [-0.1, -0.05) is 30.3 Å². The Bertz CT molecular complexity index is 587. The smallest absolute Gasteiger partial charge is 0.249 e. The van der Waals surface area contributed by atoms with Crippen LogP contribution in [0.5, 0.6) is 0 Å². The molecule has 0 spiro atoms. The highest BCUT2D eigenvalue weighted by atomic mass is 32.2. The zero-order valence-corrected chi connectivity index (χ0v) is 13.4. The number of carbonyl (C=O) groups is 2. The van der Waals surface area contributed by atoms with Crippen LogP contribution in [0, 0.1) is 0 Å². The van der Waals surface area contributed by atoms with Crippen molar-refractivity contribution in [2.75, 3.05) is 6.54 Å². The minimum Gasteiger partial charge on any atom is -0.341 e. The van der Waals surface area contributed by atoms with Gasteiger partial charge in [0.05, 0.1) is 6.42 Å². The Morgan fingerprint density at radius 2 is 2.00 bits per heavy atom. The number of thioether (sulfide) groups is 1. The number of benzene rings is 1. The molecular formula is C16H20N2O2S. The molecule has 0 aromatic heterocycles. The van der Waals surface area contributed by atoms with Crippen LogP contribution in [0.25, 0.3) is 0 Å². The second-order valence-electron chi connectivity index (χ2n) is 6.50. The quantitative estimate of drug-likeness (QED) is 0.866. The van der Waals surface area contributed by atoms with Gasteiger partial charge in [-0.15, -0.1) is 11.8 Å². The SMILES string of the molecule is CC1(C)CN2C(=O)[C@@H](NC(=O)Cc3ccccc3)C2(C)S1. The summed E-state index contributed by atoms with van der Waals surface area (Å²) in [6, 6.07) is 9.19. The maximum absolute atomic E-state index is 12.2. The van der Waals surface area contributed by atoms with E-state index in [1.807, 2.05) is 42.2 Å². The van der Waals surface area contributed by atoms with Crippen LogP contribution in [0.2, 0.25) is 0 Å². The third-order valence-electron chi connectivity index (χ3n) is 4.12. The van der Waals surface area contributed by atoms with Crippen LogP contribution in [0.15, 0.2) is 30.3 Å². The molecular weight excluding hydrogens is 284 g/mol. The molecule has 0 aliphatic carbocycles. The van der Waals surface area contributed by atoms with Gasteiger partial charge in [0.15, 0.2) is 0 Å². The Labute approximate surface area is 129 Å². The number of β-lactam (4-membered cyclic amide) rings is 1. The average molecular weight is 304 g/mol.